The van der Waals surface area contributed by atoms with Gasteiger partial charge in [-0.15, -0.1) is 0 Å². The number of rotatable bonds is 1. The van der Waals surface area contributed by atoms with E-state index < -0.39 is 6.04 Å². The zero-order valence-electron chi connectivity index (χ0n) is 7.03. The molecule has 1 atom stereocenters. The fourth-order valence-electron chi connectivity index (χ4n) is 1.28. The fraction of sp³-hybridized carbons (Fsp3) is 0.125. The maximum absolute atomic E-state index is 11.2. The molecule has 0 saturated carbocycles. The number of nitroso groups, excluding NO2 is 1. The highest BCUT2D eigenvalue weighted by molar-refractivity contribution is 9.10. The van der Waals surface area contributed by atoms with E-state index in [1.165, 1.54) is 0 Å². The van der Waals surface area contributed by atoms with Gasteiger partial charge < -0.3 is 0 Å². The van der Waals surface area contributed by atoms with Crippen LogP contribution in [-0.4, -0.2) is 10.8 Å². The Morgan fingerprint density at radius 3 is 2.43 bits per heavy atom. The molecule has 0 bridgehead atoms. The zero-order chi connectivity index (χ0) is 10.1. The summed E-state index contributed by atoms with van der Waals surface area (Å²) in [5.41, 5.74) is 5.10. The maximum atomic E-state index is 11.2. The molecule has 1 aromatic carbocycles. The molecule has 1 saturated heterocycles. The molecular weight excluding hydrogens is 250 g/mol. The number of benzene rings is 1. The number of nitrogens with zero attached hydrogens (tertiary/aromatic N) is 1. The molecule has 1 aliphatic heterocycles. The average molecular weight is 257 g/mol. The largest absolute Gasteiger partial charge is 0.339 e. The number of nitrogens with one attached hydrogen (secondary N) is 2. The molecule has 2 rings (SSSR count). The quantitative estimate of drug-likeness (QED) is 0.732. The van der Waals surface area contributed by atoms with Crippen LogP contribution in [0.15, 0.2) is 28.7 Å². The van der Waals surface area contributed by atoms with E-state index in [4.69, 9.17) is 0 Å². The standard InChI is InChI=1S/C8H6BrN3O2/c9-6-3-1-5(2-4-6)7-8(13)10-11-12(7)14/h1-4,7H,(H-,10,11,13,14)/p+1. The Kier molecular flexibility index (Phi) is 2.20. The van der Waals surface area contributed by atoms with Gasteiger partial charge in [0.05, 0.1) is 4.91 Å². The highest BCUT2D eigenvalue weighted by Gasteiger charge is 2.42. The van der Waals surface area contributed by atoms with Gasteiger partial charge >= 0.3 is 11.9 Å². The zero-order valence-corrected chi connectivity index (χ0v) is 8.61. The van der Waals surface area contributed by atoms with Crippen molar-refractivity contribution in [2.45, 2.75) is 6.04 Å². The van der Waals surface area contributed by atoms with E-state index >= 15 is 0 Å². The van der Waals surface area contributed by atoms with Gasteiger partial charge in [-0.2, -0.15) is 0 Å². The van der Waals surface area contributed by atoms with Crippen LogP contribution in [0.2, 0.25) is 0 Å². The van der Waals surface area contributed by atoms with Crippen molar-refractivity contribution in [1.82, 2.24) is 11.0 Å². The summed E-state index contributed by atoms with van der Waals surface area (Å²) in [5, 5.41) is 0. The third-order valence-electron chi connectivity index (χ3n) is 1.96. The van der Waals surface area contributed by atoms with Gasteiger partial charge in [-0.1, -0.05) is 33.6 Å². The van der Waals surface area contributed by atoms with E-state index in [2.05, 4.69) is 26.9 Å². The monoisotopic (exact) mass is 256 g/mol. The van der Waals surface area contributed by atoms with E-state index in [0.29, 0.717) is 10.4 Å². The number of hydrazine groups is 2. The smallest absolute Gasteiger partial charge is 0.264 e. The molecule has 5 nitrogen and oxygen atoms in total. The summed E-state index contributed by atoms with van der Waals surface area (Å²) in [7, 11) is 0. The van der Waals surface area contributed by atoms with Crippen molar-refractivity contribution in [1.29, 1.82) is 0 Å². The third-order valence-corrected chi connectivity index (χ3v) is 2.49. The Hall–Kier alpha value is -1.43. The molecular formula is C8H7BrN3O2+. The highest BCUT2D eigenvalue weighted by atomic mass is 79.9. The van der Waals surface area contributed by atoms with Crippen molar-refractivity contribution in [2.75, 3.05) is 0 Å². The highest BCUT2D eigenvalue weighted by Crippen LogP contribution is 2.20. The lowest BCUT2D eigenvalue weighted by molar-refractivity contribution is -0.623. The molecule has 1 aromatic rings. The second-order valence-corrected chi connectivity index (χ2v) is 3.80. The number of amides is 1. The first-order valence-corrected chi connectivity index (χ1v) is 4.75. The van der Waals surface area contributed by atoms with E-state index in [0.717, 1.165) is 4.47 Å². The van der Waals surface area contributed by atoms with Crippen LogP contribution in [-0.2, 0) is 4.79 Å². The van der Waals surface area contributed by atoms with Crippen molar-refractivity contribution in [3.05, 3.63) is 39.2 Å². The SMILES string of the molecule is O=C1NN[N+](=O)C1c1ccc(Br)cc1. The van der Waals surface area contributed by atoms with E-state index in [1.807, 2.05) is 0 Å². The molecule has 0 aliphatic carbocycles. The molecule has 6 heteroatoms. The average Bonchev–Trinajstić information content (AvgIpc) is 2.49. The van der Waals surface area contributed by atoms with E-state index in [-0.39, 0.29) is 5.91 Å². The first kappa shape index (κ1) is 9.14. The molecule has 2 N–H and O–H groups in total. The molecule has 72 valence electrons. The van der Waals surface area contributed by atoms with Crippen LogP contribution >= 0.6 is 15.9 Å². The number of carbonyl (C=O) groups is 1. The van der Waals surface area contributed by atoms with Crippen LogP contribution in [0.3, 0.4) is 0 Å². The summed E-state index contributed by atoms with van der Waals surface area (Å²) in [4.78, 5) is 22.9. The van der Waals surface area contributed by atoms with Gasteiger partial charge in [-0.3, -0.25) is 4.79 Å². The van der Waals surface area contributed by atoms with Crippen LogP contribution < -0.4 is 11.0 Å². The normalized spacial score (nSPS) is 20.5. The summed E-state index contributed by atoms with van der Waals surface area (Å²) >= 11 is 3.28. The Morgan fingerprint density at radius 2 is 1.93 bits per heavy atom. The molecule has 14 heavy (non-hydrogen) atoms. The minimum Gasteiger partial charge on any atom is -0.264 e. The Labute approximate surface area is 88.1 Å². The lowest BCUT2D eigenvalue weighted by Gasteiger charge is -1.97. The van der Waals surface area contributed by atoms with E-state index in [1.54, 1.807) is 24.3 Å². The molecule has 1 heterocycles. The minimum absolute atomic E-state index is 0.345. The van der Waals surface area contributed by atoms with Crippen LogP contribution in [0.1, 0.15) is 11.6 Å². The van der Waals surface area contributed by atoms with Crippen molar-refractivity contribution < 1.29 is 9.66 Å². The summed E-state index contributed by atoms with van der Waals surface area (Å²) in [5.74, 6) is -0.345. The van der Waals surface area contributed by atoms with Crippen molar-refractivity contribution >= 4 is 21.8 Å². The predicted molar refractivity (Wildman–Crippen MR) is 51.8 cm³/mol. The van der Waals surface area contributed by atoms with Gasteiger partial charge in [0, 0.05) is 10.0 Å². The summed E-state index contributed by atoms with van der Waals surface area (Å²) in [6, 6.07) is 6.23. The number of halogens is 1. The van der Waals surface area contributed by atoms with Gasteiger partial charge in [0.25, 0.3) is 0 Å². The van der Waals surface area contributed by atoms with Gasteiger partial charge in [0.1, 0.15) is 0 Å². The first-order chi connectivity index (χ1) is 6.68. The lowest BCUT2D eigenvalue weighted by Crippen LogP contribution is -2.28. The summed E-state index contributed by atoms with van der Waals surface area (Å²) < 4.78 is 0.907. The molecule has 1 aliphatic rings. The molecule has 0 aromatic heterocycles. The predicted octanol–water partition coefficient (Wildman–Crippen LogP) is 0.818. The first-order valence-electron chi connectivity index (χ1n) is 3.96. The molecule has 1 fully saturated rings. The van der Waals surface area contributed by atoms with Crippen LogP contribution in [0, 0.1) is 4.91 Å². The molecule has 1 unspecified atom stereocenters. The fourth-order valence-corrected chi connectivity index (χ4v) is 1.55. The number of hydrogen-bond acceptors (Lipinski definition) is 2. The lowest BCUT2D eigenvalue weighted by atomic mass is 10.1. The molecule has 0 spiro atoms. The van der Waals surface area contributed by atoms with Gasteiger partial charge in [0.2, 0.25) is 0 Å². The van der Waals surface area contributed by atoms with E-state index in [9.17, 15) is 9.70 Å². The van der Waals surface area contributed by atoms with Crippen LogP contribution in [0.5, 0.6) is 0 Å². The van der Waals surface area contributed by atoms with Crippen molar-refractivity contribution in [2.24, 2.45) is 0 Å². The third kappa shape index (κ3) is 1.48. The van der Waals surface area contributed by atoms with Crippen LogP contribution in [0.25, 0.3) is 0 Å². The Morgan fingerprint density at radius 1 is 1.29 bits per heavy atom. The molecule has 1 amide bonds. The maximum Gasteiger partial charge on any atom is 0.339 e. The van der Waals surface area contributed by atoms with Gasteiger partial charge in [-0.25, -0.2) is 5.43 Å². The molecule has 0 radical (unpaired) electrons. The Balaban J connectivity index is 2.34. The Bertz CT molecular complexity index is 374. The summed E-state index contributed by atoms with van der Waals surface area (Å²) in [6.45, 7) is 0. The second kappa shape index (κ2) is 3.38. The summed E-state index contributed by atoms with van der Waals surface area (Å²) in [6.07, 6.45) is 0. The van der Waals surface area contributed by atoms with Crippen molar-refractivity contribution in [3.8, 4) is 0 Å². The number of hydrogen-bond donors (Lipinski definition) is 2. The second-order valence-electron chi connectivity index (χ2n) is 2.88. The number of carbonyl (C=O) groups excluding carboxylic acids is 1. The minimum atomic E-state index is -0.803. The van der Waals surface area contributed by atoms with Gasteiger partial charge in [0.15, 0.2) is 4.87 Å². The van der Waals surface area contributed by atoms with Crippen molar-refractivity contribution in [3.63, 3.8) is 0 Å². The topological polar surface area (TPSA) is 61.2 Å². The van der Waals surface area contributed by atoms with Gasteiger partial charge in [-0.05, 0) is 12.1 Å². The van der Waals surface area contributed by atoms with Crippen LogP contribution in [0.4, 0.5) is 0 Å².